The van der Waals surface area contributed by atoms with Crippen LogP contribution in [0.15, 0.2) is 42.5 Å². The molecule has 1 heterocycles. The summed E-state index contributed by atoms with van der Waals surface area (Å²) in [6, 6.07) is 13.2. The van der Waals surface area contributed by atoms with Crippen molar-refractivity contribution in [3.05, 3.63) is 53.6 Å². The Morgan fingerprint density at radius 3 is 2.67 bits per heavy atom. The van der Waals surface area contributed by atoms with Gasteiger partial charge < -0.3 is 15.0 Å². The van der Waals surface area contributed by atoms with E-state index < -0.39 is 0 Å². The number of nitrogens with one attached hydrogen (secondary N) is 2. The van der Waals surface area contributed by atoms with E-state index in [1.807, 2.05) is 45.0 Å². The highest BCUT2D eigenvalue weighted by molar-refractivity contribution is 5.90. The molecule has 5 heteroatoms. The number of carbonyl (C=O) groups is 1. The van der Waals surface area contributed by atoms with Crippen molar-refractivity contribution in [3.63, 3.8) is 0 Å². The van der Waals surface area contributed by atoms with Gasteiger partial charge in [0.1, 0.15) is 0 Å². The fourth-order valence-electron chi connectivity index (χ4n) is 2.33. The second kappa shape index (κ2) is 6.74. The first-order valence-corrected chi connectivity index (χ1v) is 8.02. The van der Waals surface area contributed by atoms with E-state index in [1.165, 1.54) is 5.56 Å². The van der Waals surface area contributed by atoms with E-state index in [0.717, 1.165) is 16.7 Å². The van der Waals surface area contributed by atoms with E-state index in [-0.39, 0.29) is 5.97 Å². The Morgan fingerprint density at radius 1 is 1.21 bits per heavy atom. The predicted octanol–water partition coefficient (Wildman–Crippen LogP) is 4.43. The third-order valence-corrected chi connectivity index (χ3v) is 3.57. The minimum atomic E-state index is -0.297. The van der Waals surface area contributed by atoms with Crippen LogP contribution < -0.4 is 5.32 Å². The quantitative estimate of drug-likeness (QED) is 0.682. The van der Waals surface area contributed by atoms with Gasteiger partial charge in [-0.15, -0.1) is 0 Å². The number of ether oxygens (including phenoxy) is 1. The number of aryl methyl sites for hydroxylation is 1. The number of benzene rings is 2. The number of nitrogens with zero attached hydrogens (tertiary/aromatic N) is 1. The topological polar surface area (TPSA) is 67.0 Å². The molecule has 3 rings (SSSR count). The first kappa shape index (κ1) is 16.1. The largest absolute Gasteiger partial charge is 0.462 e. The minimum Gasteiger partial charge on any atom is -0.462 e. The van der Waals surface area contributed by atoms with Gasteiger partial charge in [-0.1, -0.05) is 19.9 Å². The van der Waals surface area contributed by atoms with Crippen LogP contribution in [0.4, 0.5) is 11.6 Å². The highest BCUT2D eigenvalue weighted by Gasteiger charge is 2.08. The number of aromatic amines is 1. The second-order valence-electron chi connectivity index (χ2n) is 6.30. The number of rotatable bonds is 5. The molecule has 0 amide bonds. The van der Waals surface area contributed by atoms with Gasteiger partial charge in [-0.25, -0.2) is 9.78 Å². The molecule has 0 saturated carbocycles. The van der Waals surface area contributed by atoms with E-state index in [1.54, 1.807) is 12.1 Å². The summed E-state index contributed by atoms with van der Waals surface area (Å²) in [5.74, 6) is 0.701. The molecule has 1 aromatic heterocycles. The molecule has 2 N–H and O–H groups in total. The Labute approximate surface area is 141 Å². The summed E-state index contributed by atoms with van der Waals surface area (Å²) in [5.41, 5.74) is 4.48. The van der Waals surface area contributed by atoms with Gasteiger partial charge in [0, 0.05) is 5.69 Å². The van der Waals surface area contributed by atoms with Crippen LogP contribution >= 0.6 is 0 Å². The molecule has 3 aromatic rings. The van der Waals surface area contributed by atoms with Crippen molar-refractivity contribution in [1.82, 2.24) is 9.97 Å². The maximum absolute atomic E-state index is 11.9. The zero-order valence-electron chi connectivity index (χ0n) is 14.1. The summed E-state index contributed by atoms with van der Waals surface area (Å²) < 4.78 is 5.22. The Kier molecular flexibility index (Phi) is 4.51. The van der Waals surface area contributed by atoms with Gasteiger partial charge >= 0.3 is 5.97 Å². The lowest BCUT2D eigenvalue weighted by Crippen LogP contribution is -2.10. The lowest BCUT2D eigenvalue weighted by Gasteiger charge is -2.08. The first-order chi connectivity index (χ1) is 11.5. The molecule has 0 radical (unpaired) electrons. The van der Waals surface area contributed by atoms with Gasteiger partial charge in [-0.05, 0) is 54.8 Å². The van der Waals surface area contributed by atoms with Crippen molar-refractivity contribution < 1.29 is 9.53 Å². The number of aromatic nitrogens is 2. The molecule has 0 bridgehead atoms. The molecule has 0 unspecified atom stereocenters. The van der Waals surface area contributed by atoms with Crippen LogP contribution in [0.1, 0.15) is 29.8 Å². The summed E-state index contributed by atoms with van der Waals surface area (Å²) in [7, 11) is 0. The van der Waals surface area contributed by atoms with Crippen LogP contribution in [0.5, 0.6) is 0 Å². The molecule has 2 aromatic carbocycles. The third-order valence-electron chi connectivity index (χ3n) is 3.57. The lowest BCUT2D eigenvalue weighted by molar-refractivity contribution is 0.0459. The Balaban J connectivity index is 1.70. The predicted molar refractivity (Wildman–Crippen MR) is 95.7 cm³/mol. The van der Waals surface area contributed by atoms with E-state index in [9.17, 15) is 4.79 Å². The van der Waals surface area contributed by atoms with Crippen molar-refractivity contribution in [2.75, 3.05) is 11.9 Å². The summed E-state index contributed by atoms with van der Waals surface area (Å²) in [6.45, 7) is 6.49. The van der Waals surface area contributed by atoms with Crippen LogP contribution in [-0.4, -0.2) is 22.5 Å². The summed E-state index contributed by atoms with van der Waals surface area (Å²) in [6.07, 6.45) is 0. The van der Waals surface area contributed by atoms with Gasteiger partial charge in [0.15, 0.2) is 0 Å². The average Bonchev–Trinajstić information content (AvgIpc) is 2.94. The Hall–Kier alpha value is -2.82. The molecule has 0 atom stereocenters. The number of esters is 1. The molecule has 0 saturated heterocycles. The first-order valence-electron chi connectivity index (χ1n) is 8.02. The molecule has 0 aliphatic rings. The van der Waals surface area contributed by atoms with Crippen LogP contribution in [0.3, 0.4) is 0 Å². The van der Waals surface area contributed by atoms with E-state index in [2.05, 4.69) is 21.4 Å². The fraction of sp³-hybridized carbons (Fsp3) is 0.263. The fourth-order valence-corrected chi connectivity index (χ4v) is 2.33. The number of carbonyl (C=O) groups excluding carboxylic acids is 1. The number of hydrogen-bond donors (Lipinski definition) is 2. The van der Waals surface area contributed by atoms with Crippen LogP contribution in [0.2, 0.25) is 0 Å². The van der Waals surface area contributed by atoms with Gasteiger partial charge in [0.25, 0.3) is 0 Å². The Bertz CT molecular complexity index is 851. The second-order valence-corrected chi connectivity index (χ2v) is 6.30. The molecule has 0 aliphatic heterocycles. The van der Waals surface area contributed by atoms with Gasteiger partial charge in [-0.2, -0.15) is 0 Å². The molecule has 5 nitrogen and oxygen atoms in total. The number of fused-ring (bicyclic) bond motifs is 1. The van der Waals surface area contributed by atoms with E-state index >= 15 is 0 Å². The zero-order chi connectivity index (χ0) is 17.1. The number of imidazole rings is 1. The molecular weight excluding hydrogens is 302 g/mol. The smallest absolute Gasteiger partial charge is 0.338 e. The molecule has 0 spiro atoms. The molecule has 24 heavy (non-hydrogen) atoms. The molecular formula is C19H21N3O2. The zero-order valence-corrected chi connectivity index (χ0v) is 14.1. The highest BCUT2D eigenvalue weighted by atomic mass is 16.5. The van der Waals surface area contributed by atoms with Crippen molar-refractivity contribution in [2.45, 2.75) is 20.8 Å². The highest BCUT2D eigenvalue weighted by Crippen LogP contribution is 2.20. The molecule has 0 aliphatic carbocycles. The molecule has 124 valence electrons. The average molecular weight is 323 g/mol. The van der Waals surface area contributed by atoms with Gasteiger partial charge in [-0.3, -0.25) is 0 Å². The van der Waals surface area contributed by atoms with Crippen molar-refractivity contribution in [1.29, 1.82) is 0 Å². The summed E-state index contributed by atoms with van der Waals surface area (Å²) in [5, 5.41) is 3.21. The summed E-state index contributed by atoms with van der Waals surface area (Å²) in [4.78, 5) is 19.6. The molecule has 0 fully saturated rings. The van der Waals surface area contributed by atoms with E-state index in [0.29, 0.717) is 24.0 Å². The maximum Gasteiger partial charge on any atom is 0.338 e. The SMILES string of the molecule is Cc1ccc2nc(Nc3ccc(C(=O)OCC(C)C)cc3)[nH]c2c1. The number of hydrogen-bond acceptors (Lipinski definition) is 4. The van der Waals surface area contributed by atoms with Gasteiger partial charge in [0.05, 0.1) is 23.2 Å². The third kappa shape index (κ3) is 3.74. The monoisotopic (exact) mass is 323 g/mol. The standard InChI is InChI=1S/C19H21N3O2/c1-12(2)11-24-18(23)14-5-7-15(8-6-14)20-19-21-16-9-4-13(3)10-17(16)22-19/h4-10,12H,11H2,1-3H3,(H2,20,21,22). The maximum atomic E-state index is 11.9. The lowest BCUT2D eigenvalue weighted by atomic mass is 10.2. The van der Waals surface area contributed by atoms with Crippen LogP contribution in [-0.2, 0) is 4.74 Å². The van der Waals surface area contributed by atoms with Crippen molar-refractivity contribution in [2.24, 2.45) is 5.92 Å². The Morgan fingerprint density at radius 2 is 1.96 bits per heavy atom. The number of H-pyrrole nitrogens is 1. The van der Waals surface area contributed by atoms with Gasteiger partial charge in [0.2, 0.25) is 5.95 Å². The number of anilines is 2. The minimum absolute atomic E-state index is 0.297. The van der Waals surface area contributed by atoms with Crippen molar-refractivity contribution >= 4 is 28.6 Å². The van der Waals surface area contributed by atoms with E-state index in [4.69, 9.17) is 4.74 Å². The normalized spacial score (nSPS) is 11.0. The van der Waals surface area contributed by atoms with Crippen LogP contribution in [0.25, 0.3) is 11.0 Å². The van der Waals surface area contributed by atoms with Crippen molar-refractivity contribution in [3.8, 4) is 0 Å². The summed E-state index contributed by atoms with van der Waals surface area (Å²) >= 11 is 0. The van der Waals surface area contributed by atoms with Crippen LogP contribution in [0, 0.1) is 12.8 Å².